The van der Waals surface area contributed by atoms with E-state index in [9.17, 15) is 13.6 Å². The minimum Gasteiger partial charge on any atom is -0.345 e. The van der Waals surface area contributed by atoms with Crippen molar-refractivity contribution in [1.82, 2.24) is 30.0 Å². The molecule has 2 atom stereocenters. The maximum atomic E-state index is 13.6. The van der Waals surface area contributed by atoms with Crippen LogP contribution in [0.1, 0.15) is 36.9 Å². The Hall–Kier alpha value is -2.81. The van der Waals surface area contributed by atoms with Crippen molar-refractivity contribution in [2.75, 3.05) is 7.05 Å². The second kappa shape index (κ2) is 7.20. The normalized spacial score (nSPS) is 13.9. The molecule has 0 aliphatic rings. The third-order valence-corrected chi connectivity index (χ3v) is 4.17. The Kier molecular flexibility index (Phi) is 4.99. The van der Waals surface area contributed by atoms with Gasteiger partial charge in [0, 0.05) is 18.8 Å². The number of imidazole rings is 1. The summed E-state index contributed by atoms with van der Waals surface area (Å²) >= 11 is 0. The summed E-state index contributed by atoms with van der Waals surface area (Å²) in [6.07, 6.45) is 3.31. The molecule has 1 aromatic carbocycles. The van der Waals surface area contributed by atoms with Crippen molar-refractivity contribution < 1.29 is 13.6 Å². The lowest BCUT2D eigenvalue weighted by Crippen LogP contribution is -2.38. The fourth-order valence-corrected chi connectivity index (χ4v) is 2.97. The van der Waals surface area contributed by atoms with Crippen LogP contribution in [0.3, 0.4) is 0 Å². The molecule has 0 saturated heterocycles. The molecule has 2 aromatic heterocycles. The molecule has 0 aliphatic carbocycles. The lowest BCUT2D eigenvalue weighted by Gasteiger charge is -2.19. The van der Waals surface area contributed by atoms with E-state index in [0.29, 0.717) is 16.6 Å². The van der Waals surface area contributed by atoms with Crippen molar-refractivity contribution in [1.29, 1.82) is 0 Å². The fourth-order valence-electron chi connectivity index (χ4n) is 2.97. The largest absolute Gasteiger partial charge is 0.345 e. The van der Waals surface area contributed by atoms with Gasteiger partial charge >= 0.3 is 6.55 Å². The summed E-state index contributed by atoms with van der Waals surface area (Å²) in [5.74, 6) is -0.239. The smallest absolute Gasteiger partial charge is 0.320 e. The monoisotopic (exact) mass is 362 g/mol. The molecule has 0 spiro atoms. The fraction of sp³-hybridized carbons (Fsp3) is 0.353. The highest BCUT2D eigenvalue weighted by Gasteiger charge is 2.26. The number of aromatic nitrogens is 4. The highest BCUT2D eigenvalue weighted by Crippen LogP contribution is 2.27. The van der Waals surface area contributed by atoms with E-state index in [2.05, 4.69) is 20.7 Å². The molecule has 2 unspecified atom stereocenters. The molecule has 9 heteroatoms. The molecule has 26 heavy (non-hydrogen) atoms. The van der Waals surface area contributed by atoms with Crippen LogP contribution < -0.4 is 10.6 Å². The van der Waals surface area contributed by atoms with Gasteiger partial charge in [-0.3, -0.25) is 14.0 Å². The molecule has 7 nitrogen and oxygen atoms in total. The molecule has 0 saturated carbocycles. The van der Waals surface area contributed by atoms with E-state index < -0.39 is 18.6 Å². The van der Waals surface area contributed by atoms with Crippen LogP contribution in [0, 0.1) is 0 Å². The first-order valence-electron chi connectivity index (χ1n) is 8.13. The lowest BCUT2D eigenvalue weighted by molar-refractivity contribution is -0.124. The first kappa shape index (κ1) is 18.0. The Bertz CT molecular complexity index is 919. The third kappa shape index (κ3) is 3.30. The summed E-state index contributed by atoms with van der Waals surface area (Å²) in [5.41, 5.74) is 1.47. The van der Waals surface area contributed by atoms with Crippen LogP contribution in [0.25, 0.3) is 11.0 Å². The maximum Gasteiger partial charge on any atom is 0.320 e. The van der Waals surface area contributed by atoms with Crippen molar-refractivity contribution in [3.05, 3.63) is 48.0 Å². The molecular formula is C17H20F2N6O. The number of alkyl halides is 2. The Morgan fingerprint density at radius 2 is 2.00 bits per heavy atom. The zero-order valence-corrected chi connectivity index (χ0v) is 14.6. The number of carbonyl (C=O) groups is 1. The Labute approximate surface area is 149 Å². The van der Waals surface area contributed by atoms with Gasteiger partial charge in [0.2, 0.25) is 5.91 Å². The Morgan fingerprint density at radius 3 is 2.62 bits per heavy atom. The number of nitrogens with zero attached hydrogens (tertiary/aromatic N) is 4. The molecule has 0 fully saturated rings. The Balaban J connectivity index is 1.87. The standard InChI is InChI=1S/C17H20F2N6O/c1-10(22-16(26)14(20-2)11-8-21-24(3)9-11)15-23-12-6-4-5-7-13(12)25(15)17(18)19/h4-10,14,17,20H,1-3H3,(H,22,26). The van der Waals surface area contributed by atoms with Gasteiger partial charge < -0.3 is 10.6 Å². The Morgan fingerprint density at radius 1 is 1.27 bits per heavy atom. The van der Waals surface area contributed by atoms with E-state index in [-0.39, 0.29) is 11.7 Å². The molecule has 0 aliphatic heterocycles. The molecule has 3 aromatic rings. The summed E-state index contributed by atoms with van der Waals surface area (Å²) < 4.78 is 29.6. The number of likely N-dealkylation sites (N-methyl/N-ethyl adjacent to an activating group) is 1. The number of halogens is 2. The molecule has 0 bridgehead atoms. The lowest BCUT2D eigenvalue weighted by atomic mass is 10.1. The average Bonchev–Trinajstić information content (AvgIpc) is 3.19. The maximum absolute atomic E-state index is 13.6. The van der Waals surface area contributed by atoms with Gasteiger partial charge in [-0.2, -0.15) is 13.9 Å². The number of carbonyl (C=O) groups excluding carboxylic acids is 1. The van der Waals surface area contributed by atoms with Gasteiger partial charge in [0.05, 0.1) is 23.3 Å². The van der Waals surface area contributed by atoms with Crippen LogP contribution in [-0.4, -0.2) is 32.3 Å². The summed E-state index contributed by atoms with van der Waals surface area (Å²) in [7, 11) is 3.40. The van der Waals surface area contributed by atoms with Crippen molar-refractivity contribution in [3.63, 3.8) is 0 Å². The van der Waals surface area contributed by atoms with Crippen molar-refractivity contribution >= 4 is 16.9 Å². The number of para-hydroxylation sites is 2. The quantitative estimate of drug-likeness (QED) is 0.705. The van der Waals surface area contributed by atoms with Crippen molar-refractivity contribution in [2.24, 2.45) is 7.05 Å². The first-order chi connectivity index (χ1) is 12.4. The van der Waals surface area contributed by atoms with Gasteiger partial charge in [0.25, 0.3) is 0 Å². The van der Waals surface area contributed by atoms with Gasteiger partial charge in [0.15, 0.2) is 0 Å². The van der Waals surface area contributed by atoms with Crippen LogP contribution in [0.15, 0.2) is 36.7 Å². The van der Waals surface area contributed by atoms with Crippen LogP contribution in [0.2, 0.25) is 0 Å². The van der Waals surface area contributed by atoms with Gasteiger partial charge in [-0.25, -0.2) is 4.98 Å². The van der Waals surface area contributed by atoms with Gasteiger partial charge in [-0.15, -0.1) is 0 Å². The predicted octanol–water partition coefficient (Wildman–Crippen LogP) is 2.30. The second-order valence-corrected chi connectivity index (χ2v) is 6.01. The number of benzene rings is 1. The van der Waals surface area contributed by atoms with Crippen molar-refractivity contribution in [3.8, 4) is 0 Å². The second-order valence-electron chi connectivity index (χ2n) is 6.01. The molecule has 138 valence electrons. The van der Waals surface area contributed by atoms with E-state index in [4.69, 9.17) is 0 Å². The minimum absolute atomic E-state index is 0.107. The molecule has 3 rings (SSSR count). The van der Waals surface area contributed by atoms with E-state index in [1.165, 1.54) is 0 Å². The highest BCUT2D eigenvalue weighted by atomic mass is 19.3. The number of fused-ring (bicyclic) bond motifs is 1. The number of aryl methyl sites for hydroxylation is 1. The number of hydrogen-bond acceptors (Lipinski definition) is 4. The van der Waals surface area contributed by atoms with E-state index >= 15 is 0 Å². The number of nitrogens with one attached hydrogen (secondary N) is 2. The summed E-state index contributed by atoms with van der Waals surface area (Å²) in [4.78, 5) is 16.9. The molecular weight excluding hydrogens is 342 g/mol. The zero-order chi connectivity index (χ0) is 18.8. The molecule has 1 amide bonds. The SMILES string of the molecule is CNC(C(=O)NC(C)c1nc2ccccc2n1C(F)F)c1cnn(C)c1. The minimum atomic E-state index is -2.75. The van der Waals surface area contributed by atoms with E-state index in [1.54, 1.807) is 62.4 Å². The van der Waals surface area contributed by atoms with Crippen LogP contribution >= 0.6 is 0 Å². The van der Waals surface area contributed by atoms with Crippen molar-refractivity contribution in [2.45, 2.75) is 25.6 Å². The summed E-state index contributed by atoms with van der Waals surface area (Å²) in [5, 5.41) is 9.72. The average molecular weight is 362 g/mol. The number of amides is 1. The van der Waals surface area contributed by atoms with Gasteiger partial charge in [0.1, 0.15) is 11.9 Å². The van der Waals surface area contributed by atoms with Gasteiger partial charge in [-0.05, 0) is 26.1 Å². The van der Waals surface area contributed by atoms with Crippen LogP contribution in [0.5, 0.6) is 0 Å². The zero-order valence-electron chi connectivity index (χ0n) is 14.6. The van der Waals surface area contributed by atoms with Crippen LogP contribution in [-0.2, 0) is 11.8 Å². The molecule has 0 radical (unpaired) electrons. The summed E-state index contributed by atoms with van der Waals surface area (Å²) in [6, 6.07) is 5.32. The molecule has 2 heterocycles. The third-order valence-electron chi connectivity index (χ3n) is 4.17. The molecule has 2 N–H and O–H groups in total. The first-order valence-corrected chi connectivity index (χ1v) is 8.13. The highest BCUT2D eigenvalue weighted by molar-refractivity contribution is 5.83. The topological polar surface area (TPSA) is 76.8 Å². The number of hydrogen-bond donors (Lipinski definition) is 2. The van der Waals surface area contributed by atoms with E-state index in [1.807, 2.05) is 0 Å². The summed E-state index contributed by atoms with van der Waals surface area (Å²) in [6.45, 7) is -1.12. The van der Waals surface area contributed by atoms with Crippen LogP contribution in [0.4, 0.5) is 8.78 Å². The predicted molar refractivity (Wildman–Crippen MR) is 92.6 cm³/mol. The number of rotatable bonds is 6. The van der Waals surface area contributed by atoms with E-state index in [0.717, 1.165) is 4.57 Å². The van der Waals surface area contributed by atoms with Gasteiger partial charge in [-0.1, -0.05) is 12.1 Å².